The van der Waals surface area contributed by atoms with Gasteiger partial charge in [-0.05, 0) is 56.0 Å². The molecule has 0 unspecified atom stereocenters. The minimum absolute atomic E-state index is 0.399. The number of nitrogens with zero attached hydrogens (tertiary/aromatic N) is 4. The zero-order chi connectivity index (χ0) is 15.8. The third-order valence-electron chi connectivity index (χ3n) is 4.91. The first-order valence-corrected chi connectivity index (χ1v) is 8.52. The van der Waals surface area contributed by atoms with Crippen LogP contribution in [0.5, 0.6) is 0 Å². The maximum Gasteiger partial charge on any atom is 0.247 e. The Morgan fingerprint density at radius 3 is 2.61 bits per heavy atom. The minimum atomic E-state index is 0.399. The van der Waals surface area contributed by atoms with Gasteiger partial charge in [-0.15, -0.1) is 10.2 Å². The predicted molar refractivity (Wildman–Crippen MR) is 90.6 cm³/mol. The number of hydrogen-bond acceptors (Lipinski definition) is 5. The molecular formula is C18H24N4O. The number of aromatic nitrogens is 2. The Hall–Kier alpha value is -1.88. The molecule has 5 heteroatoms. The summed E-state index contributed by atoms with van der Waals surface area (Å²) in [7, 11) is 4.07. The molecule has 23 heavy (non-hydrogen) atoms. The van der Waals surface area contributed by atoms with Crippen LogP contribution in [0.4, 0.5) is 5.69 Å². The van der Waals surface area contributed by atoms with Gasteiger partial charge in [-0.25, -0.2) is 0 Å². The van der Waals surface area contributed by atoms with Crippen molar-refractivity contribution in [1.82, 2.24) is 15.1 Å². The molecule has 4 rings (SSSR count). The van der Waals surface area contributed by atoms with Gasteiger partial charge in [0, 0.05) is 38.4 Å². The maximum atomic E-state index is 5.96. The van der Waals surface area contributed by atoms with Gasteiger partial charge >= 0.3 is 0 Å². The van der Waals surface area contributed by atoms with E-state index in [2.05, 4.69) is 32.1 Å². The molecule has 1 aliphatic carbocycles. The van der Waals surface area contributed by atoms with Gasteiger partial charge in [0.05, 0.1) is 5.92 Å². The zero-order valence-corrected chi connectivity index (χ0v) is 13.9. The molecule has 0 radical (unpaired) electrons. The lowest BCUT2D eigenvalue weighted by Crippen LogP contribution is -2.22. The summed E-state index contributed by atoms with van der Waals surface area (Å²) in [6.07, 6.45) is 3.96. The van der Waals surface area contributed by atoms with Crippen LogP contribution >= 0.6 is 0 Å². The topological polar surface area (TPSA) is 45.4 Å². The average Bonchev–Trinajstić information content (AvgIpc) is 3.04. The lowest BCUT2D eigenvalue weighted by molar-refractivity contribution is 0.314. The van der Waals surface area contributed by atoms with E-state index in [4.69, 9.17) is 4.42 Å². The first-order valence-electron chi connectivity index (χ1n) is 8.52. The summed E-state index contributed by atoms with van der Waals surface area (Å²) < 4.78 is 5.96. The molecule has 2 aliphatic rings. The van der Waals surface area contributed by atoms with E-state index in [9.17, 15) is 0 Å². The van der Waals surface area contributed by atoms with Crippen molar-refractivity contribution in [2.75, 3.05) is 38.6 Å². The predicted octanol–water partition coefficient (Wildman–Crippen LogP) is 3.00. The van der Waals surface area contributed by atoms with E-state index in [1.165, 1.54) is 25.1 Å². The van der Waals surface area contributed by atoms with Gasteiger partial charge in [0.1, 0.15) is 0 Å². The zero-order valence-electron chi connectivity index (χ0n) is 13.9. The molecule has 0 spiro atoms. The molecule has 1 aliphatic heterocycles. The quantitative estimate of drug-likeness (QED) is 0.849. The van der Waals surface area contributed by atoms with Gasteiger partial charge in [-0.3, -0.25) is 0 Å². The molecule has 1 aromatic heterocycles. The maximum absolute atomic E-state index is 5.96. The second-order valence-electron chi connectivity index (χ2n) is 7.08. The summed E-state index contributed by atoms with van der Waals surface area (Å²) in [5.41, 5.74) is 2.15. The highest BCUT2D eigenvalue weighted by atomic mass is 16.4. The highest BCUT2D eigenvalue weighted by Gasteiger charge is 2.32. The van der Waals surface area contributed by atoms with E-state index in [1.807, 2.05) is 26.2 Å². The molecule has 0 N–H and O–H groups in total. The van der Waals surface area contributed by atoms with E-state index in [1.54, 1.807) is 0 Å². The summed E-state index contributed by atoms with van der Waals surface area (Å²) >= 11 is 0. The molecule has 5 nitrogen and oxygen atoms in total. The monoisotopic (exact) mass is 312 g/mol. The fraction of sp³-hybridized carbons (Fsp3) is 0.556. The Morgan fingerprint density at radius 2 is 1.91 bits per heavy atom. The highest BCUT2D eigenvalue weighted by Crippen LogP contribution is 2.34. The van der Waals surface area contributed by atoms with Crippen molar-refractivity contribution in [3.63, 3.8) is 0 Å². The van der Waals surface area contributed by atoms with Crippen LogP contribution < -0.4 is 4.90 Å². The smallest absolute Gasteiger partial charge is 0.247 e. The molecule has 1 atom stereocenters. The number of hydrogen-bond donors (Lipinski definition) is 0. The fourth-order valence-corrected chi connectivity index (χ4v) is 3.28. The van der Waals surface area contributed by atoms with Gasteiger partial charge < -0.3 is 14.2 Å². The Bertz CT molecular complexity index is 660. The van der Waals surface area contributed by atoms with Crippen molar-refractivity contribution in [1.29, 1.82) is 0 Å². The van der Waals surface area contributed by atoms with E-state index in [-0.39, 0.29) is 0 Å². The molecule has 122 valence electrons. The molecule has 1 aromatic carbocycles. The first kappa shape index (κ1) is 14.7. The third-order valence-corrected chi connectivity index (χ3v) is 4.91. The molecule has 2 heterocycles. The largest absolute Gasteiger partial charge is 0.420 e. The van der Waals surface area contributed by atoms with Crippen LogP contribution in [-0.2, 0) is 0 Å². The van der Waals surface area contributed by atoms with Crippen LogP contribution in [0.3, 0.4) is 0 Å². The lowest BCUT2D eigenvalue weighted by atomic mass is 10.1. The normalized spacial score (nSPS) is 21.7. The van der Waals surface area contributed by atoms with Crippen LogP contribution in [0.1, 0.15) is 31.1 Å². The molecular weight excluding hydrogens is 288 g/mol. The van der Waals surface area contributed by atoms with Gasteiger partial charge in [0.2, 0.25) is 11.8 Å². The Kier molecular flexibility index (Phi) is 3.81. The summed E-state index contributed by atoms with van der Waals surface area (Å²) in [6, 6.07) is 8.24. The van der Waals surface area contributed by atoms with Crippen LogP contribution in [0.25, 0.3) is 11.5 Å². The number of anilines is 1. The highest BCUT2D eigenvalue weighted by molar-refractivity contribution is 5.58. The van der Waals surface area contributed by atoms with E-state index >= 15 is 0 Å². The van der Waals surface area contributed by atoms with Gasteiger partial charge in [0.25, 0.3) is 0 Å². The summed E-state index contributed by atoms with van der Waals surface area (Å²) in [6.45, 7) is 3.48. The Balaban J connectivity index is 1.44. The number of rotatable bonds is 5. The molecule has 1 saturated carbocycles. The van der Waals surface area contributed by atoms with Crippen molar-refractivity contribution in [2.24, 2.45) is 5.92 Å². The lowest BCUT2D eigenvalue weighted by Gasteiger charge is -2.13. The molecule has 1 saturated heterocycles. The van der Waals surface area contributed by atoms with Crippen molar-refractivity contribution < 1.29 is 4.42 Å². The molecule has 2 aromatic rings. The van der Waals surface area contributed by atoms with Crippen LogP contribution in [0.2, 0.25) is 0 Å². The van der Waals surface area contributed by atoms with Gasteiger partial charge in [-0.2, -0.15) is 0 Å². The Labute approximate surface area is 137 Å². The van der Waals surface area contributed by atoms with Gasteiger partial charge in [-0.1, -0.05) is 0 Å². The summed E-state index contributed by atoms with van der Waals surface area (Å²) in [5.74, 6) is 2.78. The van der Waals surface area contributed by atoms with Crippen LogP contribution in [0.15, 0.2) is 28.7 Å². The van der Waals surface area contributed by atoms with E-state index < -0.39 is 0 Å². The second-order valence-corrected chi connectivity index (χ2v) is 7.08. The van der Waals surface area contributed by atoms with E-state index in [0.29, 0.717) is 11.8 Å². The van der Waals surface area contributed by atoms with E-state index in [0.717, 1.165) is 36.9 Å². The van der Waals surface area contributed by atoms with Crippen molar-refractivity contribution in [3.8, 4) is 11.5 Å². The van der Waals surface area contributed by atoms with Gasteiger partial charge in [0.15, 0.2) is 0 Å². The Morgan fingerprint density at radius 1 is 1.13 bits per heavy atom. The standard InChI is InChI=1S/C18H24N4O/c1-21(2)16-7-5-14(6-8-16)17-19-20-18(23-17)15-9-10-22(12-15)11-13-3-4-13/h5-8,13,15H,3-4,9-12H2,1-2H3/t15-/m0/s1. The molecule has 0 bridgehead atoms. The fourth-order valence-electron chi connectivity index (χ4n) is 3.28. The van der Waals surface area contributed by atoms with Crippen molar-refractivity contribution in [3.05, 3.63) is 30.2 Å². The summed E-state index contributed by atoms with van der Waals surface area (Å²) in [4.78, 5) is 4.63. The van der Waals surface area contributed by atoms with Crippen molar-refractivity contribution >= 4 is 5.69 Å². The molecule has 2 fully saturated rings. The van der Waals surface area contributed by atoms with Crippen LogP contribution in [-0.4, -0.2) is 48.8 Å². The van der Waals surface area contributed by atoms with Crippen molar-refractivity contribution in [2.45, 2.75) is 25.2 Å². The average molecular weight is 312 g/mol. The SMILES string of the molecule is CN(C)c1ccc(-c2nnc([C@H]3CCN(CC4CC4)C3)o2)cc1. The number of likely N-dealkylation sites (tertiary alicyclic amines) is 1. The number of benzene rings is 1. The summed E-state index contributed by atoms with van der Waals surface area (Å²) in [5, 5.41) is 8.56. The third kappa shape index (κ3) is 3.24. The first-order chi connectivity index (χ1) is 11.2. The van der Waals surface area contributed by atoms with Crippen LogP contribution in [0, 0.1) is 5.92 Å². The second kappa shape index (κ2) is 5.96. The molecule has 0 amide bonds. The minimum Gasteiger partial charge on any atom is -0.420 e.